The van der Waals surface area contributed by atoms with Gasteiger partial charge in [-0.25, -0.2) is 9.98 Å². The standard InChI is InChI=1S/C15H26N4S.HI/c1-10(2)14-11(3)20-13(19-14)9-17-15(16)18-12-7-5-4-6-8-12;/h10,12H,4-9H2,1-3H3,(H3,16,17,18);1H. The molecule has 0 bridgehead atoms. The number of thiazole rings is 1. The van der Waals surface area contributed by atoms with E-state index in [-0.39, 0.29) is 24.0 Å². The van der Waals surface area contributed by atoms with Crippen LogP contribution in [0.15, 0.2) is 4.99 Å². The van der Waals surface area contributed by atoms with Crippen LogP contribution in [0.25, 0.3) is 0 Å². The van der Waals surface area contributed by atoms with E-state index < -0.39 is 0 Å². The van der Waals surface area contributed by atoms with Crippen LogP contribution in [0.3, 0.4) is 0 Å². The zero-order valence-electron chi connectivity index (χ0n) is 13.2. The third-order valence-corrected chi connectivity index (χ3v) is 4.74. The maximum absolute atomic E-state index is 5.97. The first-order chi connectivity index (χ1) is 9.56. The van der Waals surface area contributed by atoms with Crippen molar-refractivity contribution in [3.05, 3.63) is 15.6 Å². The summed E-state index contributed by atoms with van der Waals surface area (Å²) in [6, 6.07) is 0.511. The molecule has 0 amide bonds. The minimum atomic E-state index is 0. The fourth-order valence-electron chi connectivity index (χ4n) is 2.72. The topological polar surface area (TPSA) is 63.3 Å². The molecule has 0 aromatic carbocycles. The lowest BCUT2D eigenvalue weighted by molar-refractivity contribution is 0.412. The van der Waals surface area contributed by atoms with E-state index in [0.29, 0.717) is 24.5 Å². The number of rotatable bonds is 4. The van der Waals surface area contributed by atoms with E-state index in [1.54, 1.807) is 11.3 Å². The summed E-state index contributed by atoms with van der Waals surface area (Å²) in [5.41, 5.74) is 7.17. The first kappa shape index (κ1) is 18.7. The van der Waals surface area contributed by atoms with Gasteiger partial charge in [-0.3, -0.25) is 0 Å². The van der Waals surface area contributed by atoms with Crippen molar-refractivity contribution in [3.8, 4) is 0 Å². The summed E-state index contributed by atoms with van der Waals surface area (Å²) in [6.07, 6.45) is 6.38. The van der Waals surface area contributed by atoms with E-state index >= 15 is 0 Å². The van der Waals surface area contributed by atoms with Gasteiger partial charge in [-0.05, 0) is 25.7 Å². The number of nitrogens with one attached hydrogen (secondary N) is 1. The number of aromatic nitrogens is 1. The second-order valence-corrected chi connectivity index (χ2v) is 7.17. The zero-order valence-corrected chi connectivity index (χ0v) is 16.3. The molecular formula is C15H27IN4S. The van der Waals surface area contributed by atoms with Crippen molar-refractivity contribution in [2.75, 3.05) is 0 Å². The summed E-state index contributed by atoms with van der Waals surface area (Å²) >= 11 is 1.73. The Bertz CT molecular complexity index is 464. The molecule has 0 atom stereocenters. The van der Waals surface area contributed by atoms with Gasteiger partial charge in [0, 0.05) is 10.9 Å². The SMILES string of the molecule is Cc1sc(CN=C(N)NC2CCCCC2)nc1C(C)C.I. The van der Waals surface area contributed by atoms with Crippen LogP contribution in [-0.2, 0) is 6.54 Å². The minimum Gasteiger partial charge on any atom is -0.370 e. The highest BCUT2D eigenvalue weighted by molar-refractivity contribution is 14.0. The number of nitrogens with two attached hydrogens (primary N) is 1. The fourth-order valence-corrected chi connectivity index (χ4v) is 3.74. The van der Waals surface area contributed by atoms with Crippen LogP contribution in [-0.4, -0.2) is 17.0 Å². The van der Waals surface area contributed by atoms with E-state index in [1.165, 1.54) is 42.7 Å². The third-order valence-electron chi connectivity index (χ3n) is 3.77. The summed E-state index contributed by atoms with van der Waals surface area (Å²) < 4.78 is 0. The third kappa shape index (κ3) is 5.73. The van der Waals surface area contributed by atoms with Crippen LogP contribution in [0.4, 0.5) is 0 Å². The van der Waals surface area contributed by atoms with E-state index in [9.17, 15) is 0 Å². The molecular weight excluding hydrogens is 395 g/mol. The minimum absolute atomic E-state index is 0. The molecule has 1 fully saturated rings. The second-order valence-electron chi connectivity index (χ2n) is 5.88. The first-order valence-electron chi connectivity index (χ1n) is 7.59. The van der Waals surface area contributed by atoms with Crippen molar-refractivity contribution in [2.24, 2.45) is 10.7 Å². The van der Waals surface area contributed by atoms with Gasteiger partial charge in [-0.15, -0.1) is 35.3 Å². The zero-order chi connectivity index (χ0) is 14.5. The van der Waals surface area contributed by atoms with Crippen molar-refractivity contribution >= 4 is 41.3 Å². The molecule has 4 nitrogen and oxygen atoms in total. The molecule has 0 unspecified atom stereocenters. The Morgan fingerprint density at radius 2 is 2.05 bits per heavy atom. The predicted molar refractivity (Wildman–Crippen MR) is 102 cm³/mol. The Hall–Kier alpha value is -0.370. The highest BCUT2D eigenvalue weighted by Gasteiger charge is 2.14. The molecule has 0 spiro atoms. The van der Waals surface area contributed by atoms with E-state index in [2.05, 4.69) is 36.1 Å². The Morgan fingerprint density at radius 1 is 1.38 bits per heavy atom. The smallest absolute Gasteiger partial charge is 0.189 e. The van der Waals surface area contributed by atoms with Gasteiger partial charge in [-0.2, -0.15) is 0 Å². The van der Waals surface area contributed by atoms with E-state index in [4.69, 9.17) is 5.73 Å². The largest absolute Gasteiger partial charge is 0.370 e. The lowest BCUT2D eigenvalue weighted by Gasteiger charge is -2.23. The number of aliphatic imine (C=N–C) groups is 1. The molecule has 1 saturated carbocycles. The van der Waals surface area contributed by atoms with Crippen LogP contribution in [0, 0.1) is 6.92 Å². The monoisotopic (exact) mass is 422 g/mol. The van der Waals surface area contributed by atoms with Gasteiger partial charge in [0.05, 0.1) is 12.2 Å². The summed E-state index contributed by atoms with van der Waals surface area (Å²) in [5.74, 6) is 1.04. The summed E-state index contributed by atoms with van der Waals surface area (Å²) in [7, 11) is 0. The van der Waals surface area contributed by atoms with Gasteiger partial charge < -0.3 is 11.1 Å². The van der Waals surface area contributed by atoms with Crippen LogP contribution < -0.4 is 11.1 Å². The number of aryl methyl sites for hydroxylation is 1. The molecule has 1 aromatic heterocycles. The van der Waals surface area contributed by atoms with Crippen LogP contribution in [0.1, 0.15) is 67.4 Å². The number of nitrogens with zero attached hydrogens (tertiary/aromatic N) is 2. The maximum atomic E-state index is 5.97. The second kappa shape index (κ2) is 8.92. The van der Waals surface area contributed by atoms with Gasteiger partial charge in [0.2, 0.25) is 0 Å². The quantitative estimate of drug-likeness (QED) is 0.439. The molecule has 0 radical (unpaired) electrons. The van der Waals surface area contributed by atoms with E-state index in [1.807, 2.05) is 0 Å². The summed E-state index contributed by atoms with van der Waals surface area (Å²) in [5, 5.41) is 4.39. The normalized spacial score (nSPS) is 16.9. The number of guanidine groups is 1. The van der Waals surface area contributed by atoms with Gasteiger partial charge in [-0.1, -0.05) is 33.1 Å². The summed E-state index contributed by atoms with van der Waals surface area (Å²) in [4.78, 5) is 10.4. The van der Waals surface area contributed by atoms with Crippen molar-refractivity contribution in [1.29, 1.82) is 0 Å². The van der Waals surface area contributed by atoms with Gasteiger partial charge in [0.15, 0.2) is 5.96 Å². The molecule has 0 aliphatic heterocycles. The number of hydrogen-bond donors (Lipinski definition) is 2. The Kier molecular flexibility index (Phi) is 7.94. The average Bonchev–Trinajstić information content (AvgIpc) is 2.79. The van der Waals surface area contributed by atoms with Gasteiger partial charge in [0.25, 0.3) is 0 Å². The lowest BCUT2D eigenvalue weighted by atomic mass is 9.96. The Labute approximate surface area is 149 Å². The first-order valence-corrected chi connectivity index (χ1v) is 8.40. The molecule has 0 saturated heterocycles. The predicted octanol–water partition coefficient (Wildman–Crippen LogP) is 3.93. The molecule has 1 heterocycles. The maximum Gasteiger partial charge on any atom is 0.189 e. The molecule has 1 aliphatic rings. The molecule has 2 rings (SSSR count). The molecule has 3 N–H and O–H groups in total. The van der Waals surface area contributed by atoms with Crippen LogP contribution >= 0.6 is 35.3 Å². The van der Waals surface area contributed by atoms with E-state index in [0.717, 1.165) is 5.01 Å². The molecule has 120 valence electrons. The lowest BCUT2D eigenvalue weighted by Crippen LogP contribution is -2.41. The Balaban J connectivity index is 0.00000220. The average molecular weight is 422 g/mol. The van der Waals surface area contributed by atoms with Crippen molar-refractivity contribution in [2.45, 2.75) is 71.4 Å². The van der Waals surface area contributed by atoms with Gasteiger partial charge >= 0.3 is 0 Å². The van der Waals surface area contributed by atoms with Crippen molar-refractivity contribution in [3.63, 3.8) is 0 Å². The van der Waals surface area contributed by atoms with Crippen molar-refractivity contribution in [1.82, 2.24) is 10.3 Å². The molecule has 21 heavy (non-hydrogen) atoms. The van der Waals surface area contributed by atoms with Crippen molar-refractivity contribution < 1.29 is 0 Å². The Morgan fingerprint density at radius 3 is 2.62 bits per heavy atom. The summed E-state index contributed by atoms with van der Waals surface area (Å²) in [6.45, 7) is 7.07. The highest BCUT2D eigenvalue weighted by Crippen LogP contribution is 2.24. The highest BCUT2D eigenvalue weighted by atomic mass is 127. The van der Waals surface area contributed by atoms with Crippen LogP contribution in [0.5, 0.6) is 0 Å². The number of halogens is 1. The molecule has 6 heteroatoms. The van der Waals surface area contributed by atoms with Crippen LogP contribution in [0.2, 0.25) is 0 Å². The fraction of sp³-hybridized carbons (Fsp3) is 0.733. The molecule has 1 aromatic rings. The number of hydrogen-bond acceptors (Lipinski definition) is 3. The molecule has 1 aliphatic carbocycles. The van der Waals surface area contributed by atoms with Gasteiger partial charge in [0.1, 0.15) is 5.01 Å².